The Hall–Kier alpha value is -4.08. The number of nitrogens with zero attached hydrogens (tertiary/aromatic N) is 3. The lowest BCUT2D eigenvalue weighted by Gasteiger charge is -2.27. The van der Waals surface area contributed by atoms with Crippen LogP contribution in [0.5, 0.6) is 17.2 Å². The Morgan fingerprint density at radius 1 is 1.00 bits per heavy atom. The molecule has 3 heterocycles. The van der Waals surface area contributed by atoms with Crippen LogP contribution in [0.15, 0.2) is 42.5 Å². The van der Waals surface area contributed by atoms with Gasteiger partial charge in [-0.05, 0) is 49.6 Å². The Bertz CT molecular complexity index is 1210. The fourth-order valence-electron chi connectivity index (χ4n) is 4.80. The van der Waals surface area contributed by atoms with Crippen LogP contribution < -0.4 is 19.1 Å². The number of rotatable bonds is 6. The minimum Gasteiger partial charge on any atom is -0.492 e. The lowest BCUT2D eigenvalue weighted by Crippen LogP contribution is -2.43. The number of para-hydroxylation sites is 2. The number of imide groups is 2. The van der Waals surface area contributed by atoms with Gasteiger partial charge in [0.2, 0.25) is 5.91 Å². The van der Waals surface area contributed by atoms with Gasteiger partial charge in [-0.25, -0.2) is 14.6 Å². The summed E-state index contributed by atoms with van der Waals surface area (Å²) in [6, 6.07) is 11.0. The number of ether oxygens (including phenoxy) is 3. The van der Waals surface area contributed by atoms with Crippen molar-refractivity contribution in [3.8, 4) is 17.2 Å². The third-order valence-electron chi connectivity index (χ3n) is 6.48. The van der Waals surface area contributed by atoms with Gasteiger partial charge < -0.3 is 19.1 Å². The van der Waals surface area contributed by atoms with Crippen molar-refractivity contribution in [2.45, 2.75) is 32.2 Å². The maximum atomic E-state index is 13.3. The standard InChI is InChI=1S/C26H27N3O7/c1-2-34-20-9-4-3-7-19(20)29-25(32)24(31)28(26(29)33)16-23(30)27-12-5-8-18(27)17-10-11-21-22(15-17)36-14-6-13-35-21/h3-4,7,9-11,15,18H,2,5-6,8,12-14,16H2,1H3. The Balaban J connectivity index is 1.34. The zero-order valence-corrected chi connectivity index (χ0v) is 20.0. The second-order valence-corrected chi connectivity index (χ2v) is 8.72. The van der Waals surface area contributed by atoms with Crippen molar-refractivity contribution in [2.75, 3.05) is 37.8 Å². The summed E-state index contributed by atoms with van der Waals surface area (Å²) in [6.07, 6.45) is 2.31. The number of carbonyl (C=O) groups excluding carboxylic acids is 4. The highest BCUT2D eigenvalue weighted by Gasteiger charge is 2.48. The molecule has 2 saturated heterocycles. The Morgan fingerprint density at radius 3 is 2.58 bits per heavy atom. The molecule has 2 aromatic rings. The Kier molecular flexibility index (Phi) is 6.49. The first-order chi connectivity index (χ1) is 17.5. The molecule has 0 spiro atoms. The van der Waals surface area contributed by atoms with E-state index in [4.69, 9.17) is 14.2 Å². The molecule has 0 aromatic heterocycles. The summed E-state index contributed by atoms with van der Waals surface area (Å²) in [5, 5.41) is 0. The van der Waals surface area contributed by atoms with Gasteiger partial charge in [-0.1, -0.05) is 18.2 Å². The van der Waals surface area contributed by atoms with Crippen LogP contribution in [0.1, 0.15) is 37.8 Å². The molecule has 188 valence electrons. The summed E-state index contributed by atoms with van der Waals surface area (Å²) in [7, 11) is 0. The second kappa shape index (κ2) is 9.88. The summed E-state index contributed by atoms with van der Waals surface area (Å²) in [4.78, 5) is 55.0. The van der Waals surface area contributed by atoms with Gasteiger partial charge >= 0.3 is 17.8 Å². The van der Waals surface area contributed by atoms with E-state index in [2.05, 4.69) is 0 Å². The average molecular weight is 494 g/mol. The van der Waals surface area contributed by atoms with E-state index in [-0.39, 0.29) is 11.7 Å². The van der Waals surface area contributed by atoms with Crippen molar-refractivity contribution in [3.05, 3.63) is 48.0 Å². The van der Waals surface area contributed by atoms with E-state index in [9.17, 15) is 19.2 Å². The van der Waals surface area contributed by atoms with Gasteiger partial charge in [-0.15, -0.1) is 0 Å². The van der Waals surface area contributed by atoms with E-state index in [1.165, 1.54) is 6.07 Å². The molecular weight excluding hydrogens is 466 g/mol. The number of hydrogen-bond donors (Lipinski definition) is 0. The van der Waals surface area contributed by atoms with Crippen molar-refractivity contribution >= 4 is 29.4 Å². The summed E-state index contributed by atoms with van der Waals surface area (Å²) in [5.41, 5.74) is 1.07. The molecule has 1 atom stereocenters. The molecule has 2 fully saturated rings. The summed E-state index contributed by atoms with van der Waals surface area (Å²) in [5.74, 6) is -0.836. The molecule has 10 heteroatoms. The molecule has 36 heavy (non-hydrogen) atoms. The smallest absolute Gasteiger partial charge is 0.339 e. The van der Waals surface area contributed by atoms with Crippen LogP contribution in [0.3, 0.4) is 0 Å². The van der Waals surface area contributed by atoms with Gasteiger partial charge in [0.1, 0.15) is 12.3 Å². The van der Waals surface area contributed by atoms with Crippen LogP contribution in [0.25, 0.3) is 0 Å². The molecular formula is C26H27N3O7. The first-order valence-corrected chi connectivity index (χ1v) is 12.1. The zero-order valence-electron chi connectivity index (χ0n) is 20.0. The molecule has 5 rings (SSSR count). The maximum absolute atomic E-state index is 13.3. The topological polar surface area (TPSA) is 106 Å². The highest BCUT2D eigenvalue weighted by atomic mass is 16.5. The molecule has 0 aliphatic carbocycles. The number of hydrogen-bond acceptors (Lipinski definition) is 7. The summed E-state index contributed by atoms with van der Waals surface area (Å²) >= 11 is 0. The highest BCUT2D eigenvalue weighted by Crippen LogP contribution is 2.38. The third-order valence-corrected chi connectivity index (χ3v) is 6.48. The molecule has 0 radical (unpaired) electrons. The number of anilines is 1. The van der Waals surface area contributed by atoms with E-state index in [1.54, 1.807) is 30.0 Å². The number of fused-ring (bicyclic) bond motifs is 1. The van der Waals surface area contributed by atoms with Gasteiger partial charge in [-0.3, -0.25) is 14.4 Å². The van der Waals surface area contributed by atoms with Crippen molar-refractivity contribution in [1.29, 1.82) is 0 Å². The molecule has 0 saturated carbocycles. The first-order valence-electron chi connectivity index (χ1n) is 12.1. The quantitative estimate of drug-likeness (QED) is 0.450. The summed E-state index contributed by atoms with van der Waals surface area (Å²) in [6.45, 7) is 3.20. The fraction of sp³-hybridized carbons (Fsp3) is 0.385. The molecule has 0 N–H and O–H groups in total. The molecule has 3 aliphatic rings. The van der Waals surface area contributed by atoms with Gasteiger partial charge in [0.15, 0.2) is 11.5 Å². The minimum absolute atomic E-state index is 0.170. The molecule has 10 nitrogen and oxygen atoms in total. The second-order valence-electron chi connectivity index (χ2n) is 8.72. The molecule has 2 aromatic carbocycles. The van der Waals surface area contributed by atoms with Crippen molar-refractivity contribution in [1.82, 2.24) is 9.80 Å². The van der Waals surface area contributed by atoms with E-state index < -0.39 is 30.3 Å². The normalized spacial score (nSPS) is 19.6. The number of likely N-dealkylation sites (tertiary alicyclic amines) is 1. The SMILES string of the molecule is CCOc1ccccc1N1C(=O)C(=O)N(CC(=O)N2CCCC2c2ccc3c(c2)OCCCO3)C1=O. The van der Waals surface area contributed by atoms with Crippen molar-refractivity contribution in [2.24, 2.45) is 0 Å². The van der Waals surface area contributed by atoms with E-state index >= 15 is 0 Å². The Morgan fingerprint density at radius 2 is 1.78 bits per heavy atom. The first kappa shape index (κ1) is 23.7. The molecule has 3 aliphatic heterocycles. The maximum Gasteiger partial charge on any atom is 0.339 e. The molecule has 1 unspecified atom stereocenters. The van der Waals surface area contributed by atoms with Crippen molar-refractivity contribution in [3.63, 3.8) is 0 Å². The van der Waals surface area contributed by atoms with Crippen molar-refractivity contribution < 1.29 is 33.4 Å². The minimum atomic E-state index is -1.04. The summed E-state index contributed by atoms with van der Waals surface area (Å²) < 4.78 is 17.0. The third kappa shape index (κ3) is 4.23. The monoisotopic (exact) mass is 493 g/mol. The predicted molar refractivity (Wildman–Crippen MR) is 128 cm³/mol. The molecule has 5 amide bonds. The van der Waals surface area contributed by atoms with Crippen LogP contribution in [0.2, 0.25) is 0 Å². The van der Waals surface area contributed by atoms with E-state index in [0.717, 1.165) is 29.7 Å². The number of amides is 5. The number of carbonyl (C=O) groups is 4. The van der Waals surface area contributed by atoms with E-state index in [1.807, 2.05) is 18.2 Å². The largest absolute Gasteiger partial charge is 0.492 e. The lowest BCUT2D eigenvalue weighted by molar-refractivity contribution is -0.142. The highest BCUT2D eigenvalue weighted by molar-refractivity contribution is 6.53. The average Bonchev–Trinajstić information content (AvgIpc) is 3.35. The van der Waals surface area contributed by atoms with Gasteiger partial charge in [0, 0.05) is 13.0 Å². The van der Waals surface area contributed by atoms with Crippen LogP contribution in [0, 0.1) is 0 Å². The van der Waals surface area contributed by atoms with Crippen LogP contribution in [0.4, 0.5) is 10.5 Å². The van der Waals surface area contributed by atoms with E-state index in [0.29, 0.717) is 48.5 Å². The lowest BCUT2D eigenvalue weighted by atomic mass is 10.0. The molecule has 0 bridgehead atoms. The predicted octanol–water partition coefficient (Wildman–Crippen LogP) is 2.91. The number of urea groups is 1. The zero-order chi connectivity index (χ0) is 25.2. The Labute approximate surface area is 208 Å². The fourth-order valence-corrected chi connectivity index (χ4v) is 4.80. The van der Waals surface area contributed by atoms with Gasteiger partial charge in [0.25, 0.3) is 0 Å². The number of benzene rings is 2. The van der Waals surface area contributed by atoms with Crippen LogP contribution in [-0.2, 0) is 14.4 Å². The van der Waals surface area contributed by atoms with Gasteiger partial charge in [0.05, 0.1) is 31.5 Å². The van der Waals surface area contributed by atoms with Crippen LogP contribution >= 0.6 is 0 Å². The van der Waals surface area contributed by atoms with Crippen LogP contribution in [-0.4, -0.2) is 66.5 Å². The van der Waals surface area contributed by atoms with Gasteiger partial charge in [-0.2, -0.15) is 0 Å².